The molecule has 3 aromatic rings. The predicted octanol–water partition coefficient (Wildman–Crippen LogP) is -3.21. The highest BCUT2D eigenvalue weighted by molar-refractivity contribution is 8.76. The number of carbonyl (C=O) groups is 8. The first-order valence-corrected chi connectivity index (χ1v) is 24.6. The summed E-state index contributed by atoms with van der Waals surface area (Å²) in [7, 11) is 2.87. The van der Waals surface area contributed by atoms with Crippen molar-refractivity contribution < 1.29 is 68.6 Å². The number of H-pyrrole nitrogens is 1. The standard InChI is InChI=1S/C42H60N12O15S2/c1-22(36(62)44-13-15-70-71-16-14-69-23(2)57)48-39(65)30(10-8-28(59)21-56)51-33(61)19-47-38(64)29(9-7-27(58)20-55)50-32(60)12-11-31(41(67)68)52-37(63)24-3-5-25(6-4-24)45-17-26-18-46-35-34(49-26)40(66)54-42(43)53-35/h3-6,18,22,27-31,45,55-56,58-59H,7-17,19-21H2,1-2H3,(H,44,62)(H,47,64)(H,48,65)(H,50,60)(H,51,61)(H,52,63)(H,67,68)(H3,43,46,53,54,66)/t22-,27-,28-,29-,30-,31-/m0/s1. The van der Waals surface area contributed by atoms with Crippen LogP contribution in [0.3, 0.4) is 0 Å². The number of hydrogen-bond donors (Lipinski definition) is 14. The summed E-state index contributed by atoms with van der Waals surface area (Å²) in [5.41, 5.74) is 6.06. The summed E-state index contributed by atoms with van der Waals surface area (Å²) in [6.45, 7) is 1.29. The number of esters is 1. The number of nitrogens with two attached hydrogens (primary N) is 1. The fourth-order valence-electron chi connectivity index (χ4n) is 6.09. The van der Waals surface area contributed by atoms with Crippen LogP contribution in [0.2, 0.25) is 0 Å². The number of aliphatic hydroxyl groups is 4. The lowest BCUT2D eigenvalue weighted by atomic mass is 10.1. The summed E-state index contributed by atoms with van der Waals surface area (Å²) < 4.78 is 4.84. The molecule has 0 unspecified atom stereocenters. The first-order valence-electron chi connectivity index (χ1n) is 22.1. The van der Waals surface area contributed by atoms with Gasteiger partial charge in [0.2, 0.25) is 35.5 Å². The summed E-state index contributed by atoms with van der Waals surface area (Å²) in [5, 5.41) is 66.0. The molecule has 0 fully saturated rings. The Kier molecular flexibility index (Phi) is 25.5. The molecule has 0 aliphatic carbocycles. The van der Waals surface area contributed by atoms with E-state index >= 15 is 0 Å². The number of hydrogen-bond acceptors (Lipinski definition) is 21. The number of benzene rings is 1. The number of anilines is 2. The highest BCUT2D eigenvalue weighted by atomic mass is 33.1. The van der Waals surface area contributed by atoms with Gasteiger partial charge in [-0.05, 0) is 63.3 Å². The van der Waals surface area contributed by atoms with Gasteiger partial charge in [0.05, 0.1) is 50.4 Å². The normalized spacial score (nSPS) is 13.5. The second-order valence-corrected chi connectivity index (χ2v) is 18.3. The Morgan fingerprint density at radius 3 is 2.04 bits per heavy atom. The van der Waals surface area contributed by atoms with Crippen molar-refractivity contribution in [2.24, 2.45) is 0 Å². The summed E-state index contributed by atoms with van der Waals surface area (Å²) in [5.74, 6) is -5.68. The molecule has 71 heavy (non-hydrogen) atoms. The molecular weight excluding hydrogens is 977 g/mol. The number of carboxylic acid groups (broad SMARTS) is 1. The summed E-state index contributed by atoms with van der Waals surface area (Å²) >= 11 is 0. The van der Waals surface area contributed by atoms with Gasteiger partial charge in [0.25, 0.3) is 11.5 Å². The number of nitrogens with one attached hydrogen (secondary N) is 8. The van der Waals surface area contributed by atoms with E-state index in [4.69, 9.17) is 10.5 Å². The van der Waals surface area contributed by atoms with Crippen LogP contribution >= 0.6 is 21.6 Å². The van der Waals surface area contributed by atoms with Crippen LogP contribution in [0.25, 0.3) is 11.2 Å². The average Bonchev–Trinajstić information content (AvgIpc) is 3.34. The summed E-state index contributed by atoms with van der Waals surface area (Å²) in [4.78, 5) is 128. The smallest absolute Gasteiger partial charge is 0.326 e. The third kappa shape index (κ3) is 21.9. The number of aromatic nitrogens is 4. The fraction of sp³-hybridized carbons (Fsp3) is 0.524. The number of fused-ring (bicyclic) bond motifs is 1. The maximum atomic E-state index is 13.3. The number of aliphatic hydroxyl groups excluding tert-OH is 4. The average molecular weight is 1040 g/mol. The van der Waals surface area contributed by atoms with Crippen molar-refractivity contribution in [2.45, 2.75) is 95.3 Å². The Hall–Kier alpha value is -6.66. The monoisotopic (exact) mass is 1040 g/mol. The molecule has 6 atom stereocenters. The molecule has 6 amide bonds. The Balaban J connectivity index is 1.53. The minimum Gasteiger partial charge on any atom is -0.480 e. The van der Waals surface area contributed by atoms with Crippen LogP contribution in [-0.4, -0.2) is 174 Å². The van der Waals surface area contributed by atoms with Gasteiger partial charge in [-0.25, -0.2) is 14.8 Å². The third-order valence-corrected chi connectivity index (χ3v) is 12.3. The van der Waals surface area contributed by atoms with Crippen LogP contribution < -0.4 is 48.5 Å². The molecule has 27 nitrogen and oxygen atoms in total. The Morgan fingerprint density at radius 1 is 0.775 bits per heavy atom. The van der Waals surface area contributed by atoms with Gasteiger partial charge in [0.15, 0.2) is 11.2 Å². The van der Waals surface area contributed by atoms with Crippen LogP contribution in [0.5, 0.6) is 0 Å². The maximum Gasteiger partial charge on any atom is 0.326 e. The zero-order valence-electron chi connectivity index (χ0n) is 38.8. The second-order valence-electron chi connectivity index (χ2n) is 15.6. The highest BCUT2D eigenvalue weighted by Crippen LogP contribution is 2.20. The number of nitrogen functional groups attached to an aromatic ring is 1. The lowest BCUT2D eigenvalue weighted by Crippen LogP contribution is -2.55. The van der Waals surface area contributed by atoms with Crippen molar-refractivity contribution in [2.75, 3.05) is 55.5 Å². The van der Waals surface area contributed by atoms with Gasteiger partial charge in [0, 0.05) is 42.6 Å². The molecule has 15 N–H and O–H groups in total. The van der Waals surface area contributed by atoms with Gasteiger partial charge in [-0.2, -0.15) is 4.98 Å². The van der Waals surface area contributed by atoms with Crippen LogP contribution in [0.1, 0.15) is 68.4 Å². The van der Waals surface area contributed by atoms with Crippen LogP contribution in [0, 0.1) is 0 Å². The van der Waals surface area contributed by atoms with E-state index in [1.807, 2.05) is 0 Å². The second kappa shape index (κ2) is 30.8. The molecule has 2 aromatic heterocycles. The number of carboxylic acids is 1. The van der Waals surface area contributed by atoms with E-state index < -0.39 is 116 Å². The number of nitrogens with zero attached hydrogens (tertiary/aromatic N) is 3. The van der Waals surface area contributed by atoms with Crippen molar-refractivity contribution in [1.29, 1.82) is 0 Å². The third-order valence-electron chi connectivity index (χ3n) is 9.89. The van der Waals surface area contributed by atoms with Gasteiger partial charge in [-0.15, -0.1) is 0 Å². The van der Waals surface area contributed by atoms with E-state index in [2.05, 4.69) is 57.2 Å². The topological polar surface area (TPSA) is 429 Å². The first-order chi connectivity index (χ1) is 33.8. The zero-order chi connectivity index (χ0) is 52.5. The predicted molar refractivity (Wildman–Crippen MR) is 258 cm³/mol. The van der Waals surface area contributed by atoms with Gasteiger partial charge < -0.3 is 73.2 Å². The van der Waals surface area contributed by atoms with Gasteiger partial charge in [0.1, 0.15) is 30.8 Å². The molecular formula is C42H60N12O15S2. The molecule has 1 aromatic carbocycles. The van der Waals surface area contributed by atoms with Crippen molar-refractivity contribution in [3.05, 3.63) is 52.1 Å². The number of carbonyl (C=O) groups excluding carboxylic acids is 7. The van der Waals surface area contributed by atoms with Crippen molar-refractivity contribution in [1.82, 2.24) is 51.8 Å². The van der Waals surface area contributed by atoms with Gasteiger partial charge >= 0.3 is 11.9 Å². The van der Waals surface area contributed by atoms with Gasteiger partial charge in [-0.1, -0.05) is 21.6 Å². The van der Waals surface area contributed by atoms with Gasteiger partial charge in [-0.3, -0.25) is 43.3 Å². The summed E-state index contributed by atoms with van der Waals surface area (Å²) in [6.07, 6.45) is -2.81. The quantitative estimate of drug-likeness (QED) is 0.0166. The molecule has 2 heterocycles. The lowest BCUT2D eigenvalue weighted by Gasteiger charge is -2.23. The molecule has 0 saturated carbocycles. The highest BCUT2D eigenvalue weighted by Gasteiger charge is 2.28. The van der Waals surface area contributed by atoms with E-state index in [0.717, 1.165) is 0 Å². The minimum absolute atomic E-state index is 0.00687. The minimum atomic E-state index is -1.56. The Bertz CT molecular complexity index is 2350. The van der Waals surface area contributed by atoms with Crippen molar-refractivity contribution >= 4 is 91.8 Å². The molecule has 0 aliphatic rings. The van der Waals surface area contributed by atoms with E-state index in [1.54, 1.807) is 0 Å². The SMILES string of the molecule is CC(=O)OCCSSCCNC(=O)[C@H](C)NC(=O)[C@H](CC[C@H](O)CO)NC(=O)CNC(=O)[C@H](CC[C@H](O)CO)NC(=O)CC[C@H](NC(=O)c1ccc(NCc2cnc3nc(N)[nH]c(=O)c3n2)cc1)C(=O)O. The Morgan fingerprint density at radius 2 is 1.41 bits per heavy atom. The molecule has 3 rings (SSSR count). The number of ether oxygens (including phenoxy) is 1. The number of amides is 6. The lowest BCUT2D eigenvalue weighted by molar-refractivity contribution is -0.141. The van der Waals surface area contributed by atoms with Crippen LogP contribution in [0.15, 0.2) is 35.3 Å². The van der Waals surface area contributed by atoms with E-state index in [0.29, 0.717) is 22.9 Å². The number of aromatic amines is 1. The molecule has 0 bridgehead atoms. The summed E-state index contributed by atoms with van der Waals surface area (Å²) in [6, 6.07) is 0.537. The number of aliphatic carboxylic acids is 1. The molecule has 390 valence electrons. The molecule has 0 saturated heterocycles. The fourth-order valence-corrected chi connectivity index (χ4v) is 7.82. The van der Waals surface area contributed by atoms with E-state index in [-0.39, 0.29) is 74.0 Å². The molecule has 0 spiro atoms. The van der Waals surface area contributed by atoms with Crippen molar-refractivity contribution in [3.63, 3.8) is 0 Å². The Labute approximate surface area is 413 Å². The van der Waals surface area contributed by atoms with Crippen molar-refractivity contribution in [3.8, 4) is 0 Å². The largest absolute Gasteiger partial charge is 0.480 e. The first kappa shape index (κ1) is 58.7. The zero-order valence-corrected chi connectivity index (χ0v) is 40.4. The molecule has 0 radical (unpaired) electrons. The van der Waals surface area contributed by atoms with E-state index in [9.17, 15) is 68.7 Å². The van der Waals surface area contributed by atoms with Crippen LogP contribution in [-0.2, 0) is 44.8 Å². The number of rotatable bonds is 32. The maximum absolute atomic E-state index is 13.3. The van der Waals surface area contributed by atoms with Crippen LogP contribution in [0.4, 0.5) is 11.6 Å². The molecule has 0 aliphatic heterocycles. The molecule has 29 heteroatoms. The van der Waals surface area contributed by atoms with E-state index in [1.165, 1.54) is 65.9 Å².